The summed E-state index contributed by atoms with van der Waals surface area (Å²) in [6, 6.07) is 8.06. The topological polar surface area (TPSA) is 58.6 Å². The van der Waals surface area contributed by atoms with Gasteiger partial charge >= 0.3 is 0 Å². The summed E-state index contributed by atoms with van der Waals surface area (Å²) in [5.41, 5.74) is 1.15. The van der Waals surface area contributed by atoms with Crippen LogP contribution < -0.4 is 10.1 Å². The van der Waals surface area contributed by atoms with Crippen LogP contribution in [0.2, 0.25) is 0 Å². The third-order valence-electron chi connectivity index (χ3n) is 4.91. The zero-order chi connectivity index (χ0) is 16.3. The molecule has 3 rings (SSSR count). The highest BCUT2D eigenvalue weighted by Crippen LogP contribution is 2.23. The Morgan fingerprint density at radius 3 is 2.48 bits per heavy atom. The Labute approximate surface area is 138 Å². The van der Waals surface area contributed by atoms with Gasteiger partial charge in [0, 0.05) is 18.6 Å². The van der Waals surface area contributed by atoms with Gasteiger partial charge < -0.3 is 10.1 Å². The van der Waals surface area contributed by atoms with E-state index in [1.807, 2.05) is 24.3 Å². The minimum absolute atomic E-state index is 0.0280. The quantitative estimate of drug-likeness (QED) is 0.880. The van der Waals surface area contributed by atoms with E-state index < -0.39 is 9.84 Å². The molecule has 2 heterocycles. The lowest BCUT2D eigenvalue weighted by Gasteiger charge is -2.35. The van der Waals surface area contributed by atoms with E-state index in [9.17, 15) is 8.42 Å². The molecule has 2 fully saturated rings. The molecule has 0 spiro atoms. The molecule has 23 heavy (non-hydrogen) atoms. The number of nitrogens with one attached hydrogen (secondary N) is 1. The number of benzene rings is 1. The molecular formula is C17H26N2O3S. The number of piperidine rings is 1. The summed E-state index contributed by atoms with van der Waals surface area (Å²) in [5, 5.41) is 3.48. The second kappa shape index (κ2) is 7.20. The first-order valence-electron chi connectivity index (χ1n) is 8.38. The molecule has 0 radical (unpaired) electrons. The summed E-state index contributed by atoms with van der Waals surface area (Å²) in [4.78, 5) is 2.37. The lowest BCUT2D eigenvalue weighted by Crippen LogP contribution is -2.50. The molecular weight excluding hydrogens is 312 g/mol. The van der Waals surface area contributed by atoms with Crippen molar-refractivity contribution in [3.8, 4) is 5.75 Å². The van der Waals surface area contributed by atoms with Gasteiger partial charge in [0.25, 0.3) is 0 Å². The molecule has 0 saturated carbocycles. The molecule has 2 unspecified atom stereocenters. The Morgan fingerprint density at radius 1 is 1.13 bits per heavy atom. The third-order valence-corrected chi connectivity index (χ3v) is 6.63. The summed E-state index contributed by atoms with van der Waals surface area (Å²) in [6.07, 6.45) is 3.63. The van der Waals surface area contributed by atoms with E-state index in [1.54, 1.807) is 7.11 Å². The third kappa shape index (κ3) is 4.25. The summed E-state index contributed by atoms with van der Waals surface area (Å²) >= 11 is 0. The van der Waals surface area contributed by atoms with Crippen molar-refractivity contribution in [2.45, 2.75) is 37.9 Å². The van der Waals surface area contributed by atoms with Gasteiger partial charge in [0.2, 0.25) is 0 Å². The number of hydrogen-bond acceptors (Lipinski definition) is 5. The van der Waals surface area contributed by atoms with Crippen LogP contribution in [0, 0.1) is 0 Å². The number of sulfone groups is 1. The summed E-state index contributed by atoms with van der Waals surface area (Å²) in [6.45, 7) is 2.75. The van der Waals surface area contributed by atoms with Gasteiger partial charge in [-0.05, 0) is 43.6 Å². The zero-order valence-electron chi connectivity index (χ0n) is 13.7. The van der Waals surface area contributed by atoms with Crippen LogP contribution in [-0.4, -0.2) is 57.1 Å². The molecule has 1 aromatic rings. The molecule has 2 aliphatic heterocycles. The number of nitrogens with zero attached hydrogens (tertiary/aromatic N) is 1. The van der Waals surface area contributed by atoms with E-state index in [0.29, 0.717) is 12.3 Å². The molecule has 2 saturated heterocycles. The highest BCUT2D eigenvalue weighted by Gasteiger charge is 2.40. The van der Waals surface area contributed by atoms with Gasteiger partial charge in [0.15, 0.2) is 9.84 Å². The first-order valence-corrected chi connectivity index (χ1v) is 10.2. The Kier molecular flexibility index (Phi) is 5.24. The Morgan fingerprint density at radius 2 is 1.83 bits per heavy atom. The molecule has 2 aliphatic rings. The highest BCUT2D eigenvalue weighted by molar-refractivity contribution is 7.91. The fraction of sp³-hybridized carbons (Fsp3) is 0.647. The van der Waals surface area contributed by atoms with Crippen molar-refractivity contribution in [3.05, 3.63) is 29.8 Å². The second-order valence-corrected chi connectivity index (χ2v) is 8.73. The Hall–Kier alpha value is -1.11. The molecule has 2 atom stereocenters. The lowest BCUT2D eigenvalue weighted by molar-refractivity contribution is 0.155. The fourth-order valence-corrected chi connectivity index (χ4v) is 5.61. The van der Waals surface area contributed by atoms with Crippen molar-refractivity contribution in [2.24, 2.45) is 0 Å². The largest absolute Gasteiger partial charge is 0.497 e. The van der Waals surface area contributed by atoms with Crippen LogP contribution in [0.5, 0.6) is 5.75 Å². The fourth-order valence-electron chi connectivity index (χ4n) is 3.63. The van der Waals surface area contributed by atoms with Crippen LogP contribution >= 0.6 is 0 Å². The normalized spacial score (nSPS) is 27.9. The molecule has 0 amide bonds. The summed E-state index contributed by atoms with van der Waals surface area (Å²) < 4.78 is 29.4. The smallest absolute Gasteiger partial charge is 0.153 e. The summed E-state index contributed by atoms with van der Waals surface area (Å²) in [5.74, 6) is 1.39. The van der Waals surface area contributed by atoms with E-state index in [1.165, 1.54) is 19.3 Å². The minimum Gasteiger partial charge on any atom is -0.497 e. The average Bonchev–Trinajstić information content (AvgIpc) is 2.89. The lowest BCUT2D eigenvalue weighted by atomic mass is 10.0. The van der Waals surface area contributed by atoms with E-state index >= 15 is 0 Å². The highest BCUT2D eigenvalue weighted by atomic mass is 32.2. The Bertz CT molecular complexity index is 609. The molecule has 5 nitrogen and oxygen atoms in total. The van der Waals surface area contributed by atoms with Crippen molar-refractivity contribution < 1.29 is 13.2 Å². The van der Waals surface area contributed by atoms with Gasteiger partial charge in [-0.2, -0.15) is 0 Å². The zero-order valence-corrected chi connectivity index (χ0v) is 14.5. The summed E-state index contributed by atoms with van der Waals surface area (Å²) in [7, 11) is -1.28. The molecule has 0 bridgehead atoms. The SMILES string of the molecule is COc1ccc(CNC2CS(=O)(=O)CC2N2CCCCC2)cc1. The molecule has 1 N–H and O–H groups in total. The van der Waals surface area contributed by atoms with Crippen molar-refractivity contribution in [1.82, 2.24) is 10.2 Å². The minimum atomic E-state index is -2.93. The van der Waals surface area contributed by atoms with Crippen molar-refractivity contribution in [2.75, 3.05) is 31.7 Å². The predicted molar refractivity (Wildman–Crippen MR) is 91.5 cm³/mol. The number of likely N-dealkylation sites (tertiary alicyclic amines) is 1. The molecule has 1 aromatic carbocycles. The average molecular weight is 338 g/mol. The van der Waals surface area contributed by atoms with Gasteiger partial charge in [-0.25, -0.2) is 8.42 Å². The number of ether oxygens (including phenoxy) is 1. The van der Waals surface area contributed by atoms with Gasteiger partial charge in [0.05, 0.1) is 18.6 Å². The van der Waals surface area contributed by atoms with E-state index in [0.717, 1.165) is 24.4 Å². The molecule has 6 heteroatoms. The second-order valence-electron chi connectivity index (χ2n) is 6.58. The molecule has 0 aliphatic carbocycles. The molecule has 0 aromatic heterocycles. The predicted octanol–water partition coefficient (Wildman–Crippen LogP) is 1.44. The van der Waals surface area contributed by atoms with Crippen LogP contribution in [0.25, 0.3) is 0 Å². The first-order chi connectivity index (χ1) is 11.1. The van der Waals surface area contributed by atoms with Gasteiger partial charge in [-0.15, -0.1) is 0 Å². The monoisotopic (exact) mass is 338 g/mol. The van der Waals surface area contributed by atoms with E-state index in [2.05, 4.69) is 10.2 Å². The number of hydrogen-bond donors (Lipinski definition) is 1. The van der Waals surface area contributed by atoms with Crippen molar-refractivity contribution in [3.63, 3.8) is 0 Å². The molecule has 128 valence electrons. The van der Waals surface area contributed by atoms with Gasteiger partial charge in [-0.3, -0.25) is 4.90 Å². The van der Waals surface area contributed by atoms with Crippen LogP contribution in [-0.2, 0) is 16.4 Å². The van der Waals surface area contributed by atoms with Crippen LogP contribution in [0.3, 0.4) is 0 Å². The van der Waals surface area contributed by atoms with Gasteiger partial charge in [-0.1, -0.05) is 18.6 Å². The number of methoxy groups -OCH3 is 1. The number of rotatable bonds is 5. The van der Waals surface area contributed by atoms with Crippen LogP contribution in [0.1, 0.15) is 24.8 Å². The maximum Gasteiger partial charge on any atom is 0.153 e. The first kappa shape index (κ1) is 16.7. The van der Waals surface area contributed by atoms with Crippen LogP contribution in [0.4, 0.5) is 0 Å². The van der Waals surface area contributed by atoms with Gasteiger partial charge in [0.1, 0.15) is 5.75 Å². The van der Waals surface area contributed by atoms with Crippen LogP contribution in [0.15, 0.2) is 24.3 Å². The standard InChI is InChI=1S/C17H26N2O3S/c1-22-15-7-5-14(6-8-15)11-18-16-12-23(20,21)13-17(16)19-9-3-2-4-10-19/h5-8,16-18H,2-4,9-13H2,1H3. The van der Waals surface area contributed by atoms with E-state index in [4.69, 9.17) is 4.74 Å². The van der Waals surface area contributed by atoms with Crippen molar-refractivity contribution >= 4 is 9.84 Å². The van der Waals surface area contributed by atoms with Crippen molar-refractivity contribution in [1.29, 1.82) is 0 Å². The Balaban J connectivity index is 1.63. The maximum atomic E-state index is 12.1. The maximum absolute atomic E-state index is 12.1. The van der Waals surface area contributed by atoms with E-state index in [-0.39, 0.29) is 17.8 Å².